The summed E-state index contributed by atoms with van der Waals surface area (Å²) >= 11 is 0. The second-order valence-electron chi connectivity index (χ2n) is 5.56. The van der Waals surface area contributed by atoms with Gasteiger partial charge in [0.1, 0.15) is 5.75 Å². The fourth-order valence-electron chi connectivity index (χ4n) is 2.42. The summed E-state index contributed by atoms with van der Waals surface area (Å²) in [7, 11) is -1.52. The molecule has 0 spiro atoms. The van der Waals surface area contributed by atoms with E-state index in [1.807, 2.05) is 29.2 Å². The lowest BCUT2D eigenvalue weighted by Crippen LogP contribution is -2.50. The summed E-state index contributed by atoms with van der Waals surface area (Å²) in [5, 5.41) is 2.87. The number of amides is 1. The second kappa shape index (κ2) is 7.76. The maximum Gasteiger partial charge on any atom is 0.234 e. The molecule has 1 fully saturated rings. The van der Waals surface area contributed by atoms with E-state index < -0.39 is 10.0 Å². The van der Waals surface area contributed by atoms with Crippen LogP contribution in [0.4, 0.5) is 0 Å². The number of methoxy groups -OCH3 is 1. The summed E-state index contributed by atoms with van der Waals surface area (Å²) in [5.41, 5.74) is 1.00. The third kappa shape index (κ3) is 5.49. The van der Waals surface area contributed by atoms with Gasteiger partial charge in [-0.1, -0.05) is 12.1 Å². The van der Waals surface area contributed by atoms with Crippen molar-refractivity contribution in [1.82, 2.24) is 14.5 Å². The number of benzene rings is 1. The Morgan fingerprint density at radius 3 is 2.30 bits per heavy atom. The van der Waals surface area contributed by atoms with E-state index in [9.17, 15) is 13.2 Å². The molecule has 1 aromatic carbocycles. The predicted octanol–water partition coefficient (Wildman–Crippen LogP) is -0.111. The van der Waals surface area contributed by atoms with Gasteiger partial charge in [-0.2, -0.15) is 4.31 Å². The van der Waals surface area contributed by atoms with Gasteiger partial charge in [-0.3, -0.25) is 9.69 Å². The molecule has 1 aliphatic heterocycles. The van der Waals surface area contributed by atoms with E-state index in [4.69, 9.17) is 4.74 Å². The largest absolute Gasteiger partial charge is 0.497 e. The standard InChI is InChI=1S/C15H23N3O4S/c1-22-14-5-3-13(4-6-14)11-16-15(19)12-17-7-9-18(10-8-17)23(2,20)21/h3-6H,7-12H2,1-2H3,(H,16,19). The van der Waals surface area contributed by atoms with Crippen molar-refractivity contribution in [2.24, 2.45) is 0 Å². The molecule has 8 heteroatoms. The molecule has 1 saturated heterocycles. The van der Waals surface area contributed by atoms with Crippen LogP contribution in [0, 0.1) is 0 Å². The molecule has 1 N–H and O–H groups in total. The topological polar surface area (TPSA) is 79.0 Å². The number of ether oxygens (including phenoxy) is 1. The predicted molar refractivity (Wildman–Crippen MR) is 87.7 cm³/mol. The first-order valence-electron chi connectivity index (χ1n) is 7.45. The monoisotopic (exact) mass is 341 g/mol. The van der Waals surface area contributed by atoms with Gasteiger partial charge >= 0.3 is 0 Å². The van der Waals surface area contributed by atoms with E-state index in [1.165, 1.54) is 10.6 Å². The SMILES string of the molecule is COc1ccc(CNC(=O)CN2CCN(S(C)(=O)=O)CC2)cc1. The summed E-state index contributed by atoms with van der Waals surface area (Å²) in [6.07, 6.45) is 1.21. The van der Waals surface area contributed by atoms with Crippen LogP contribution in [0.5, 0.6) is 5.75 Å². The minimum Gasteiger partial charge on any atom is -0.497 e. The molecule has 1 aliphatic rings. The molecule has 0 unspecified atom stereocenters. The number of nitrogens with zero attached hydrogens (tertiary/aromatic N) is 2. The Labute approximate surface area is 137 Å². The highest BCUT2D eigenvalue weighted by Gasteiger charge is 2.24. The van der Waals surface area contributed by atoms with Gasteiger partial charge < -0.3 is 10.1 Å². The van der Waals surface area contributed by atoms with Crippen molar-refractivity contribution in [1.29, 1.82) is 0 Å². The average molecular weight is 341 g/mol. The lowest BCUT2D eigenvalue weighted by Gasteiger charge is -2.32. The van der Waals surface area contributed by atoms with E-state index in [2.05, 4.69) is 5.32 Å². The summed E-state index contributed by atoms with van der Waals surface area (Å²) in [5.74, 6) is 0.720. The molecule has 0 atom stereocenters. The van der Waals surface area contributed by atoms with Crippen molar-refractivity contribution in [3.8, 4) is 5.75 Å². The first-order valence-corrected chi connectivity index (χ1v) is 9.30. The zero-order valence-electron chi connectivity index (χ0n) is 13.5. The molecular weight excluding hydrogens is 318 g/mol. The Morgan fingerprint density at radius 2 is 1.78 bits per heavy atom. The van der Waals surface area contributed by atoms with Crippen molar-refractivity contribution in [2.75, 3.05) is 46.1 Å². The van der Waals surface area contributed by atoms with E-state index in [1.54, 1.807) is 7.11 Å². The number of carbonyl (C=O) groups excluding carboxylic acids is 1. The highest BCUT2D eigenvalue weighted by molar-refractivity contribution is 7.88. The zero-order valence-corrected chi connectivity index (χ0v) is 14.3. The fourth-order valence-corrected chi connectivity index (χ4v) is 3.25. The van der Waals surface area contributed by atoms with Gasteiger partial charge in [-0.25, -0.2) is 8.42 Å². The molecule has 128 valence electrons. The van der Waals surface area contributed by atoms with Gasteiger partial charge in [0.2, 0.25) is 15.9 Å². The quantitative estimate of drug-likeness (QED) is 0.781. The van der Waals surface area contributed by atoms with Crippen LogP contribution in [-0.4, -0.2) is 69.6 Å². The van der Waals surface area contributed by atoms with Crippen molar-refractivity contribution in [3.05, 3.63) is 29.8 Å². The third-order valence-corrected chi connectivity index (χ3v) is 5.12. The van der Waals surface area contributed by atoms with Crippen LogP contribution >= 0.6 is 0 Å². The first-order chi connectivity index (χ1) is 10.9. The molecule has 23 heavy (non-hydrogen) atoms. The van der Waals surface area contributed by atoms with Gasteiger partial charge in [0.25, 0.3) is 0 Å². The number of sulfonamides is 1. The van der Waals surface area contributed by atoms with Crippen molar-refractivity contribution < 1.29 is 17.9 Å². The summed E-state index contributed by atoms with van der Waals surface area (Å²) in [6, 6.07) is 7.52. The number of carbonyl (C=O) groups is 1. The first kappa shape index (κ1) is 17.7. The molecule has 0 saturated carbocycles. The molecule has 1 amide bonds. The normalized spacial score (nSPS) is 17.0. The Hall–Kier alpha value is -1.64. The second-order valence-corrected chi connectivity index (χ2v) is 7.55. The summed E-state index contributed by atoms with van der Waals surface area (Å²) < 4.78 is 29.4. The van der Waals surface area contributed by atoms with Crippen LogP contribution in [0.25, 0.3) is 0 Å². The van der Waals surface area contributed by atoms with E-state index in [-0.39, 0.29) is 12.5 Å². The smallest absolute Gasteiger partial charge is 0.234 e. The van der Waals surface area contributed by atoms with Crippen LogP contribution in [0.15, 0.2) is 24.3 Å². The minimum atomic E-state index is -3.13. The molecule has 0 aliphatic carbocycles. The Balaban J connectivity index is 1.73. The van der Waals surface area contributed by atoms with Crippen LogP contribution in [0.2, 0.25) is 0 Å². The van der Waals surface area contributed by atoms with Gasteiger partial charge in [0.05, 0.1) is 19.9 Å². The number of piperazine rings is 1. The van der Waals surface area contributed by atoms with E-state index in [0.717, 1.165) is 11.3 Å². The van der Waals surface area contributed by atoms with Crippen molar-refractivity contribution in [2.45, 2.75) is 6.54 Å². The highest BCUT2D eigenvalue weighted by Crippen LogP contribution is 2.11. The number of hydrogen-bond acceptors (Lipinski definition) is 5. The molecular formula is C15H23N3O4S. The summed E-state index contributed by atoms with van der Waals surface area (Å²) in [4.78, 5) is 13.9. The van der Waals surface area contributed by atoms with Gasteiger partial charge in [-0.05, 0) is 17.7 Å². The van der Waals surface area contributed by atoms with Crippen molar-refractivity contribution in [3.63, 3.8) is 0 Å². The van der Waals surface area contributed by atoms with Gasteiger partial charge in [0, 0.05) is 32.7 Å². The molecule has 2 rings (SSSR count). The van der Waals surface area contributed by atoms with E-state index in [0.29, 0.717) is 32.7 Å². The number of nitrogens with one attached hydrogen (secondary N) is 1. The Kier molecular flexibility index (Phi) is 5.97. The Morgan fingerprint density at radius 1 is 1.17 bits per heavy atom. The minimum absolute atomic E-state index is 0.0615. The fraction of sp³-hybridized carbons (Fsp3) is 0.533. The molecule has 1 heterocycles. The van der Waals surface area contributed by atoms with Gasteiger partial charge in [-0.15, -0.1) is 0 Å². The third-order valence-electron chi connectivity index (χ3n) is 3.82. The lowest BCUT2D eigenvalue weighted by atomic mass is 10.2. The molecule has 0 radical (unpaired) electrons. The molecule has 7 nitrogen and oxygen atoms in total. The molecule has 0 aromatic heterocycles. The molecule has 0 bridgehead atoms. The Bertz CT molecular complexity index is 623. The zero-order chi connectivity index (χ0) is 16.9. The number of rotatable bonds is 6. The maximum atomic E-state index is 12.0. The summed E-state index contributed by atoms with van der Waals surface area (Å²) in [6.45, 7) is 2.77. The van der Waals surface area contributed by atoms with E-state index >= 15 is 0 Å². The van der Waals surface area contributed by atoms with Crippen LogP contribution in [-0.2, 0) is 21.4 Å². The molecule has 1 aromatic rings. The van der Waals surface area contributed by atoms with Crippen LogP contribution < -0.4 is 10.1 Å². The lowest BCUT2D eigenvalue weighted by molar-refractivity contribution is -0.122. The maximum absolute atomic E-state index is 12.0. The van der Waals surface area contributed by atoms with Crippen molar-refractivity contribution >= 4 is 15.9 Å². The number of hydrogen-bond donors (Lipinski definition) is 1. The average Bonchev–Trinajstić information content (AvgIpc) is 2.53. The highest BCUT2D eigenvalue weighted by atomic mass is 32.2. The van der Waals surface area contributed by atoms with Crippen LogP contribution in [0.3, 0.4) is 0 Å². The van der Waals surface area contributed by atoms with Gasteiger partial charge in [0.15, 0.2) is 0 Å². The van der Waals surface area contributed by atoms with Crippen LogP contribution in [0.1, 0.15) is 5.56 Å².